The van der Waals surface area contributed by atoms with Crippen LogP contribution in [0.1, 0.15) is 52.4 Å². The summed E-state index contributed by atoms with van der Waals surface area (Å²) in [7, 11) is 0. The number of likely N-dealkylation sites (N-methyl/N-ethyl adjacent to an activating group) is 1. The molecular weight excluding hydrogens is 198 g/mol. The van der Waals surface area contributed by atoms with Crippen molar-refractivity contribution in [1.82, 2.24) is 5.32 Å². The number of amides is 1. The first-order valence-corrected chi connectivity index (χ1v) is 6.40. The molecular formula is C14H25NO. The Hall–Kier alpha value is -1.05. The van der Waals surface area contributed by atoms with E-state index in [0.717, 1.165) is 12.8 Å². The lowest BCUT2D eigenvalue weighted by Crippen LogP contribution is -2.19. The molecule has 0 saturated heterocycles. The maximum atomic E-state index is 11.0. The van der Waals surface area contributed by atoms with Crippen LogP contribution in [0.2, 0.25) is 0 Å². The Morgan fingerprint density at radius 3 is 2.38 bits per heavy atom. The lowest BCUT2D eigenvalue weighted by Gasteiger charge is -1.94. The maximum absolute atomic E-state index is 11.0. The van der Waals surface area contributed by atoms with Crippen LogP contribution >= 0.6 is 0 Å². The number of carbonyl (C=O) groups excluding carboxylic acids is 1. The highest BCUT2D eigenvalue weighted by molar-refractivity contribution is 5.87. The molecule has 0 aromatic heterocycles. The number of hydrogen-bond donors (Lipinski definition) is 1. The molecule has 16 heavy (non-hydrogen) atoms. The summed E-state index contributed by atoms with van der Waals surface area (Å²) in [5, 5.41) is 2.73. The minimum Gasteiger partial charge on any atom is -0.353 e. The molecule has 0 atom stereocenters. The summed E-state index contributed by atoms with van der Waals surface area (Å²) in [6.45, 7) is 4.83. The number of nitrogens with one attached hydrogen (secondary N) is 1. The van der Waals surface area contributed by atoms with Crippen LogP contribution in [0.5, 0.6) is 0 Å². The molecule has 0 fully saturated rings. The van der Waals surface area contributed by atoms with Crippen LogP contribution in [0, 0.1) is 0 Å². The average molecular weight is 223 g/mol. The molecule has 1 amide bonds. The highest BCUT2D eigenvalue weighted by Gasteiger charge is 1.88. The number of unbranched alkanes of at least 4 members (excludes halogenated alkanes) is 4. The summed E-state index contributed by atoms with van der Waals surface area (Å²) in [4.78, 5) is 11.0. The van der Waals surface area contributed by atoms with Gasteiger partial charge in [-0.05, 0) is 38.7 Å². The van der Waals surface area contributed by atoms with Gasteiger partial charge in [0.05, 0.1) is 0 Å². The molecule has 0 rings (SSSR count). The first-order chi connectivity index (χ1) is 7.81. The minimum atomic E-state index is 0.00873. The standard InChI is InChI=1S/C14H25NO/c1-3-5-6-7-8-9-10-11-12-13-14(16)15-4-2/h8-9,12-13H,3-7,10-11H2,1-2H3,(H,15,16). The number of allylic oxidation sites excluding steroid dienone is 3. The first-order valence-electron chi connectivity index (χ1n) is 6.40. The molecule has 0 aromatic rings. The van der Waals surface area contributed by atoms with E-state index < -0.39 is 0 Å². The van der Waals surface area contributed by atoms with E-state index in [1.165, 1.54) is 25.7 Å². The molecule has 0 saturated carbocycles. The molecule has 0 aliphatic heterocycles. The monoisotopic (exact) mass is 223 g/mol. The van der Waals surface area contributed by atoms with E-state index in [2.05, 4.69) is 24.4 Å². The van der Waals surface area contributed by atoms with Crippen molar-refractivity contribution in [2.45, 2.75) is 52.4 Å². The molecule has 0 aliphatic carbocycles. The van der Waals surface area contributed by atoms with Crippen LogP contribution in [0.15, 0.2) is 24.3 Å². The second-order valence-electron chi connectivity index (χ2n) is 3.84. The second kappa shape index (κ2) is 12.0. The van der Waals surface area contributed by atoms with Gasteiger partial charge in [0.15, 0.2) is 0 Å². The lowest BCUT2D eigenvalue weighted by atomic mass is 10.2. The average Bonchev–Trinajstić information content (AvgIpc) is 2.27. The third-order valence-electron chi connectivity index (χ3n) is 2.26. The van der Waals surface area contributed by atoms with Crippen LogP contribution in [-0.2, 0) is 4.79 Å². The summed E-state index contributed by atoms with van der Waals surface area (Å²) >= 11 is 0. The van der Waals surface area contributed by atoms with Crippen molar-refractivity contribution in [3.8, 4) is 0 Å². The van der Waals surface area contributed by atoms with Crippen LogP contribution in [-0.4, -0.2) is 12.5 Å². The van der Waals surface area contributed by atoms with Gasteiger partial charge in [0.2, 0.25) is 5.91 Å². The van der Waals surface area contributed by atoms with Crippen LogP contribution in [0.25, 0.3) is 0 Å². The van der Waals surface area contributed by atoms with Crippen molar-refractivity contribution in [2.24, 2.45) is 0 Å². The van der Waals surface area contributed by atoms with Gasteiger partial charge in [-0.25, -0.2) is 0 Å². The van der Waals surface area contributed by atoms with Gasteiger partial charge in [-0.15, -0.1) is 0 Å². The molecule has 0 bridgehead atoms. The van der Waals surface area contributed by atoms with Gasteiger partial charge in [-0.2, -0.15) is 0 Å². The largest absolute Gasteiger partial charge is 0.353 e. The maximum Gasteiger partial charge on any atom is 0.243 e. The molecule has 1 N–H and O–H groups in total. The highest BCUT2D eigenvalue weighted by Crippen LogP contribution is 2.01. The zero-order valence-electron chi connectivity index (χ0n) is 10.7. The lowest BCUT2D eigenvalue weighted by molar-refractivity contribution is -0.116. The van der Waals surface area contributed by atoms with Gasteiger partial charge >= 0.3 is 0 Å². The molecule has 0 spiro atoms. The van der Waals surface area contributed by atoms with Gasteiger partial charge in [0, 0.05) is 6.54 Å². The summed E-state index contributed by atoms with van der Waals surface area (Å²) in [5.74, 6) is 0.00873. The van der Waals surface area contributed by atoms with E-state index in [0.29, 0.717) is 6.54 Å². The van der Waals surface area contributed by atoms with Crippen molar-refractivity contribution >= 4 is 5.91 Å². The van der Waals surface area contributed by atoms with Gasteiger partial charge in [-0.1, -0.05) is 38.0 Å². The highest BCUT2D eigenvalue weighted by atomic mass is 16.1. The van der Waals surface area contributed by atoms with Crippen molar-refractivity contribution < 1.29 is 4.79 Å². The zero-order valence-corrected chi connectivity index (χ0v) is 10.7. The number of rotatable bonds is 9. The Bertz CT molecular complexity index is 219. The fourth-order valence-electron chi connectivity index (χ4n) is 1.36. The second-order valence-corrected chi connectivity index (χ2v) is 3.84. The zero-order chi connectivity index (χ0) is 12.1. The Morgan fingerprint density at radius 2 is 1.69 bits per heavy atom. The summed E-state index contributed by atoms with van der Waals surface area (Å²) < 4.78 is 0. The quantitative estimate of drug-likeness (QED) is 0.361. The third-order valence-corrected chi connectivity index (χ3v) is 2.26. The Morgan fingerprint density at radius 1 is 1.00 bits per heavy atom. The van der Waals surface area contributed by atoms with Crippen LogP contribution < -0.4 is 5.32 Å². The fourth-order valence-corrected chi connectivity index (χ4v) is 1.36. The van der Waals surface area contributed by atoms with Gasteiger partial charge < -0.3 is 5.32 Å². The van der Waals surface area contributed by atoms with E-state index in [1.807, 2.05) is 13.0 Å². The van der Waals surface area contributed by atoms with E-state index in [4.69, 9.17) is 0 Å². The van der Waals surface area contributed by atoms with Crippen molar-refractivity contribution in [1.29, 1.82) is 0 Å². The van der Waals surface area contributed by atoms with Gasteiger partial charge in [0.25, 0.3) is 0 Å². The molecule has 0 radical (unpaired) electrons. The molecule has 0 aromatic carbocycles. The summed E-state index contributed by atoms with van der Waals surface area (Å²) in [6, 6.07) is 0. The van der Waals surface area contributed by atoms with E-state index in [9.17, 15) is 4.79 Å². The first kappa shape index (κ1) is 14.9. The predicted molar refractivity (Wildman–Crippen MR) is 70.3 cm³/mol. The van der Waals surface area contributed by atoms with Crippen molar-refractivity contribution in [3.05, 3.63) is 24.3 Å². The SMILES string of the molecule is CCCCCC=CCCC=CC(=O)NCC. The fraction of sp³-hybridized carbons (Fsp3) is 0.643. The number of hydrogen-bond acceptors (Lipinski definition) is 1. The molecule has 2 nitrogen and oxygen atoms in total. The molecule has 0 heterocycles. The Balaban J connectivity index is 3.34. The van der Waals surface area contributed by atoms with Gasteiger partial charge in [-0.3, -0.25) is 4.79 Å². The van der Waals surface area contributed by atoms with Crippen molar-refractivity contribution in [3.63, 3.8) is 0 Å². The third kappa shape index (κ3) is 11.0. The number of carbonyl (C=O) groups is 1. The molecule has 2 heteroatoms. The minimum absolute atomic E-state index is 0.00873. The van der Waals surface area contributed by atoms with E-state index >= 15 is 0 Å². The van der Waals surface area contributed by atoms with E-state index in [-0.39, 0.29) is 5.91 Å². The van der Waals surface area contributed by atoms with Crippen LogP contribution in [0.3, 0.4) is 0 Å². The molecule has 0 unspecified atom stereocenters. The normalized spacial score (nSPS) is 11.4. The smallest absolute Gasteiger partial charge is 0.243 e. The molecule has 92 valence electrons. The van der Waals surface area contributed by atoms with Gasteiger partial charge in [0.1, 0.15) is 0 Å². The summed E-state index contributed by atoms with van der Waals surface area (Å²) in [6.07, 6.45) is 15.1. The van der Waals surface area contributed by atoms with Crippen molar-refractivity contribution in [2.75, 3.05) is 6.54 Å². The predicted octanol–water partition coefficient (Wildman–Crippen LogP) is 3.60. The van der Waals surface area contributed by atoms with Crippen LogP contribution in [0.4, 0.5) is 0 Å². The summed E-state index contributed by atoms with van der Waals surface area (Å²) in [5.41, 5.74) is 0. The topological polar surface area (TPSA) is 29.1 Å². The Labute approximate surface area is 99.8 Å². The molecule has 0 aliphatic rings. The Kier molecular flexibility index (Phi) is 11.2. The van der Waals surface area contributed by atoms with E-state index in [1.54, 1.807) is 6.08 Å².